The maximum absolute atomic E-state index is 13.1. The Hall–Kier alpha value is -2.64. The molecule has 2 amide bonds. The van der Waals surface area contributed by atoms with Gasteiger partial charge in [-0.15, -0.1) is 0 Å². The van der Waals surface area contributed by atoms with Crippen LogP contribution in [0.15, 0.2) is 24.8 Å². The lowest BCUT2D eigenvalue weighted by molar-refractivity contribution is -0.127. The molecule has 4 heterocycles. The number of nitrogens with zero attached hydrogens (tertiary/aromatic N) is 6. The molecule has 2 aromatic rings. The van der Waals surface area contributed by atoms with Crippen LogP contribution in [0.1, 0.15) is 29.6 Å². The van der Waals surface area contributed by atoms with Gasteiger partial charge in [-0.05, 0) is 19.3 Å². The summed E-state index contributed by atoms with van der Waals surface area (Å²) in [5.74, 6) is 0.0731. The number of carbonyl (C=O) groups is 2. The van der Waals surface area contributed by atoms with Crippen LogP contribution in [0.4, 0.5) is 5.69 Å². The summed E-state index contributed by atoms with van der Waals surface area (Å²) in [7, 11) is 3.63. The van der Waals surface area contributed by atoms with Crippen molar-refractivity contribution in [1.82, 2.24) is 24.5 Å². The van der Waals surface area contributed by atoms with E-state index in [0.29, 0.717) is 25.2 Å². The number of likely N-dealkylation sites (tertiary alicyclic amines) is 1. The maximum Gasteiger partial charge on any atom is 0.257 e. The third-order valence-corrected chi connectivity index (χ3v) is 5.33. The minimum Gasteiger partial charge on any atom is -0.337 e. The fourth-order valence-corrected chi connectivity index (χ4v) is 4.01. The van der Waals surface area contributed by atoms with Gasteiger partial charge in [0.05, 0.1) is 29.1 Å². The van der Waals surface area contributed by atoms with E-state index < -0.39 is 5.41 Å². The predicted molar refractivity (Wildman–Crippen MR) is 91.0 cm³/mol. The smallest absolute Gasteiger partial charge is 0.257 e. The van der Waals surface area contributed by atoms with E-state index in [4.69, 9.17) is 0 Å². The van der Waals surface area contributed by atoms with Gasteiger partial charge in [0.1, 0.15) is 0 Å². The highest BCUT2D eigenvalue weighted by molar-refractivity contribution is 6.01. The van der Waals surface area contributed by atoms with E-state index >= 15 is 0 Å². The van der Waals surface area contributed by atoms with Crippen molar-refractivity contribution >= 4 is 17.5 Å². The van der Waals surface area contributed by atoms with E-state index in [1.807, 2.05) is 23.0 Å². The van der Waals surface area contributed by atoms with Gasteiger partial charge in [-0.25, -0.2) is 0 Å². The number of rotatable bonds is 2. The number of anilines is 1. The summed E-state index contributed by atoms with van der Waals surface area (Å²) >= 11 is 0. The molecular formula is C17H22N6O2. The normalized spacial score (nSPS) is 23.7. The first kappa shape index (κ1) is 15.9. The summed E-state index contributed by atoms with van der Waals surface area (Å²) in [5.41, 5.74) is 0.945. The van der Waals surface area contributed by atoms with Crippen molar-refractivity contribution in [2.75, 3.05) is 24.5 Å². The fourth-order valence-electron chi connectivity index (χ4n) is 4.01. The summed E-state index contributed by atoms with van der Waals surface area (Å²) in [6.45, 7) is 1.85. The molecule has 2 aromatic heterocycles. The Balaban J connectivity index is 1.54. The van der Waals surface area contributed by atoms with Gasteiger partial charge in [-0.2, -0.15) is 10.2 Å². The van der Waals surface area contributed by atoms with E-state index in [9.17, 15) is 9.59 Å². The summed E-state index contributed by atoms with van der Waals surface area (Å²) < 4.78 is 3.32. The van der Waals surface area contributed by atoms with Gasteiger partial charge in [0, 0.05) is 46.1 Å². The molecule has 0 radical (unpaired) electrons. The van der Waals surface area contributed by atoms with Crippen LogP contribution < -0.4 is 4.90 Å². The van der Waals surface area contributed by atoms with Crippen molar-refractivity contribution in [1.29, 1.82) is 0 Å². The minimum atomic E-state index is -0.466. The average Bonchev–Trinajstić information content (AvgIpc) is 3.29. The monoisotopic (exact) mass is 342 g/mol. The summed E-state index contributed by atoms with van der Waals surface area (Å²) in [6, 6.07) is 0. The van der Waals surface area contributed by atoms with Crippen LogP contribution in [0.5, 0.6) is 0 Å². The van der Waals surface area contributed by atoms with E-state index in [1.54, 1.807) is 35.0 Å². The molecular weight excluding hydrogens is 320 g/mol. The topological polar surface area (TPSA) is 76.3 Å². The van der Waals surface area contributed by atoms with Gasteiger partial charge in [-0.1, -0.05) is 0 Å². The molecule has 1 atom stereocenters. The van der Waals surface area contributed by atoms with Crippen LogP contribution >= 0.6 is 0 Å². The van der Waals surface area contributed by atoms with Gasteiger partial charge in [-0.3, -0.25) is 19.0 Å². The van der Waals surface area contributed by atoms with Gasteiger partial charge in [0.15, 0.2) is 0 Å². The molecule has 0 aromatic carbocycles. The molecule has 132 valence electrons. The van der Waals surface area contributed by atoms with Gasteiger partial charge >= 0.3 is 0 Å². The number of hydrogen-bond acceptors (Lipinski definition) is 4. The number of aromatic nitrogens is 4. The largest absolute Gasteiger partial charge is 0.337 e. The van der Waals surface area contributed by atoms with E-state index in [0.717, 1.165) is 24.9 Å². The molecule has 0 saturated carbocycles. The van der Waals surface area contributed by atoms with Gasteiger partial charge in [0.25, 0.3) is 5.91 Å². The number of amides is 2. The number of hydrogen-bond donors (Lipinski definition) is 0. The molecule has 0 unspecified atom stereocenters. The molecule has 1 spiro atoms. The SMILES string of the molecule is Cn1cc(C(=O)N2CCC[C@@]3(CCN(c4cnn(C)c4)C3=O)C2)cn1. The van der Waals surface area contributed by atoms with Crippen LogP contribution in [0.3, 0.4) is 0 Å². The standard InChI is InChI=1S/C17H22N6O2/c1-20-10-13(8-18-20)15(24)22-6-3-4-17(12-22)5-7-23(16(17)25)14-9-19-21(2)11-14/h8-11H,3-7,12H2,1-2H3/t17-/m1/s1. The van der Waals surface area contributed by atoms with Crippen molar-refractivity contribution in [3.05, 3.63) is 30.4 Å². The van der Waals surface area contributed by atoms with Crippen LogP contribution in [-0.2, 0) is 18.9 Å². The Morgan fingerprint density at radius 3 is 2.52 bits per heavy atom. The van der Waals surface area contributed by atoms with Crippen LogP contribution in [0.25, 0.3) is 0 Å². The summed E-state index contributed by atoms with van der Waals surface area (Å²) in [5, 5.41) is 8.24. The first-order chi connectivity index (χ1) is 12.0. The zero-order chi connectivity index (χ0) is 17.6. The molecule has 0 bridgehead atoms. The Morgan fingerprint density at radius 2 is 1.84 bits per heavy atom. The number of aryl methyl sites for hydroxylation is 2. The fraction of sp³-hybridized carbons (Fsp3) is 0.529. The highest BCUT2D eigenvalue weighted by atomic mass is 16.2. The second-order valence-electron chi connectivity index (χ2n) is 7.09. The lowest BCUT2D eigenvalue weighted by Crippen LogP contribution is -2.49. The molecule has 25 heavy (non-hydrogen) atoms. The lowest BCUT2D eigenvalue weighted by Gasteiger charge is -2.38. The molecule has 2 aliphatic heterocycles. The number of piperidine rings is 1. The summed E-state index contributed by atoms with van der Waals surface area (Å²) in [4.78, 5) is 29.5. The Bertz CT molecular complexity index is 825. The van der Waals surface area contributed by atoms with Crippen LogP contribution in [-0.4, -0.2) is 55.9 Å². The first-order valence-electron chi connectivity index (χ1n) is 8.57. The minimum absolute atomic E-state index is 0.0418. The number of carbonyl (C=O) groups excluding carboxylic acids is 2. The second kappa shape index (κ2) is 5.72. The van der Waals surface area contributed by atoms with Crippen LogP contribution in [0, 0.1) is 5.41 Å². The van der Waals surface area contributed by atoms with Crippen molar-refractivity contribution in [2.24, 2.45) is 19.5 Å². The molecule has 8 nitrogen and oxygen atoms in total. The average molecular weight is 342 g/mol. The van der Waals surface area contributed by atoms with Gasteiger partial charge < -0.3 is 9.80 Å². The molecule has 0 aliphatic carbocycles. The molecule has 2 fully saturated rings. The van der Waals surface area contributed by atoms with Crippen molar-refractivity contribution < 1.29 is 9.59 Å². The third kappa shape index (κ3) is 2.61. The van der Waals surface area contributed by atoms with Crippen LogP contribution in [0.2, 0.25) is 0 Å². The second-order valence-corrected chi connectivity index (χ2v) is 7.09. The first-order valence-corrected chi connectivity index (χ1v) is 8.57. The predicted octanol–water partition coefficient (Wildman–Crippen LogP) is 0.813. The van der Waals surface area contributed by atoms with Crippen molar-refractivity contribution in [3.63, 3.8) is 0 Å². The highest BCUT2D eigenvalue weighted by Crippen LogP contribution is 2.42. The Labute approximate surface area is 146 Å². The Morgan fingerprint density at radius 1 is 1.08 bits per heavy atom. The molecule has 4 rings (SSSR count). The van der Waals surface area contributed by atoms with E-state index in [1.165, 1.54) is 0 Å². The zero-order valence-electron chi connectivity index (χ0n) is 14.6. The quantitative estimate of drug-likeness (QED) is 0.809. The Kier molecular flexibility index (Phi) is 3.63. The lowest BCUT2D eigenvalue weighted by atomic mass is 9.78. The molecule has 8 heteroatoms. The van der Waals surface area contributed by atoms with Crippen molar-refractivity contribution in [3.8, 4) is 0 Å². The third-order valence-electron chi connectivity index (χ3n) is 5.33. The van der Waals surface area contributed by atoms with Crippen molar-refractivity contribution in [2.45, 2.75) is 19.3 Å². The summed E-state index contributed by atoms with van der Waals surface area (Å²) in [6.07, 6.45) is 9.34. The van der Waals surface area contributed by atoms with E-state index in [-0.39, 0.29) is 11.8 Å². The van der Waals surface area contributed by atoms with Gasteiger partial charge in [0.2, 0.25) is 5.91 Å². The zero-order valence-corrected chi connectivity index (χ0v) is 14.6. The molecule has 2 saturated heterocycles. The molecule has 2 aliphatic rings. The van der Waals surface area contributed by atoms with E-state index in [2.05, 4.69) is 10.2 Å². The maximum atomic E-state index is 13.1. The molecule has 0 N–H and O–H groups in total. The highest BCUT2D eigenvalue weighted by Gasteiger charge is 2.50.